The van der Waals surface area contributed by atoms with Crippen LogP contribution in [0.5, 0.6) is 0 Å². The number of sulfonamides is 1. The monoisotopic (exact) mass is 359 g/mol. The van der Waals surface area contributed by atoms with Crippen molar-refractivity contribution in [1.29, 1.82) is 0 Å². The van der Waals surface area contributed by atoms with E-state index in [0.717, 1.165) is 24.3 Å². The van der Waals surface area contributed by atoms with Crippen LogP contribution in [0, 0.1) is 12.7 Å². The van der Waals surface area contributed by atoms with Gasteiger partial charge in [0.1, 0.15) is 11.6 Å². The first-order valence-corrected chi connectivity index (χ1v) is 8.74. The van der Waals surface area contributed by atoms with Crippen LogP contribution in [0.3, 0.4) is 0 Å². The van der Waals surface area contributed by atoms with Crippen LogP contribution >= 0.6 is 0 Å². The van der Waals surface area contributed by atoms with Crippen molar-refractivity contribution in [3.63, 3.8) is 0 Å². The third kappa shape index (κ3) is 4.10. The van der Waals surface area contributed by atoms with Crippen LogP contribution < -0.4 is 5.32 Å². The fourth-order valence-corrected chi connectivity index (χ4v) is 3.05. The van der Waals surface area contributed by atoms with Crippen LogP contribution in [0.15, 0.2) is 74.5 Å². The number of hydrogen-bond acceptors (Lipinski definition) is 4. The zero-order valence-electron chi connectivity index (χ0n) is 13.2. The molecule has 0 aliphatic carbocycles. The van der Waals surface area contributed by atoms with Crippen molar-refractivity contribution < 1.29 is 17.3 Å². The summed E-state index contributed by atoms with van der Waals surface area (Å²) >= 11 is 0. The molecule has 0 fully saturated rings. The van der Waals surface area contributed by atoms with E-state index in [0.29, 0.717) is 17.1 Å². The molecule has 0 unspecified atom stereocenters. The summed E-state index contributed by atoms with van der Waals surface area (Å²) in [5, 5.41) is 6.63. The van der Waals surface area contributed by atoms with E-state index >= 15 is 0 Å². The van der Waals surface area contributed by atoms with Crippen LogP contribution in [0.1, 0.15) is 11.3 Å². The molecular formula is C17H14FN3O3S. The van der Waals surface area contributed by atoms with Crippen molar-refractivity contribution in [2.24, 2.45) is 4.40 Å². The van der Waals surface area contributed by atoms with Crippen molar-refractivity contribution in [3.8, 4) is 0 Å². The molecular weight excluding hydrogens is 345 g/mol. The molecule has 1 aromatic heterocycles. The molecule has 0 radical (unpaired) electrons. The summed E-state index contributed by atoms with van der Waals surface area (Å²) in [7, 11) is -4.04. The maximum atomic E-state index is 13.0. The lowest BCUT2D eigenvalue weighted by Crippen LogP contribution is -2.16. The van der Waals surface area contributed by atoms with Crippen LogP contribution in [-0.2, 0) is 10.0 Å². The summed E-state index contributed by atoms with van der Waals surface area (Å²) < 4.78 is 46.9. The third-order valence-electron chi connectivity index (χ3n) is 3.24. The molecule has 3 rings (SSSR count). The maximum Gasteiger partial charge on any atom is 0.284 e. The van der Waals surface area contributed by atoms with Gasteiger partial charge in [-0.25, -0.2) is 4.39 Å². The van der Waals surface area contributed by atoms with Gasteiger partial charge in [-0.2, -0.15) is 8.42 Å². The fraction of sp³-hybridized carbons (Fsp3) is 0.0588. The Balaban J connectivity index is 2.03. The van der Waals surface area contributed by atoms with Gasteiger partial charge in [-0.3, -0.25) is 0 Å². The Hall–Kier alpha value is -3.00. The van der Waals surface area contributed by atoms with Gasteiger partial charge in [0, 0.05) is 11.6 Å². The van der Waals surface area contributed by atoms with Crippen molar-refractivity contribution in [2.45, 2.75) is 11.8 Å². The normalized spacial score (nSPS) is 12.2. The van der Waals surface area contributed by atoms with Gasteiger partial charge >= 0.3 is 0 Å². The highest BCUT2D eigenvalue weighted by Crippen LogP contribution is 2.16. The molecule has 0 aliphatic heterocycles. The second-order valence-corrected chi connectivity index (χ2v) is 6.79. The third-order valence-corrected chi connectivity index (χ3v) is 4.54. The van der Waals surface area contributed by atoms with Gasteiger partial charge in [-0.15, -0.1) is 4.40 Å². The predicted molar refractivity (Wildman–Crippen MR) is 91.4 cm³/mol. The number of nitrogens with one attached hydrogen (secondary N) is 1. The summed E-state index contributed by atoms with van der Waals surface area (Å²) in [5.41, 5.74) is 0.550. The lowest BCUT2D eigenvalue weighted by Gasteiger charge is -2.08. The van der Waals surface area contributed by atoms with Gasteiger partial charge in [0.25, 0.3) is 10.0 Å². The van der Waals surface area contributed by atoms with E-state index in [1.54, 1.807) is 43.3 Å². The number of halogens is 1. The molecule has 0 spiro atoms. The molecule has 0 aliphatic rings. The number of nitrogens with zero attached hydrogens (tertiary/aromatic N) is 2. The molecule has 3 aromatic rings. The second kappa shape index (κ2) is 6.86. The molecule has 2 aromatic carbocycles. The zero-order chi connectivity index (χ0) is 17.9. The molecule has 0 atom stereocenters. The van der Waals surface area contributed by atoms with E-state index in [1.807, 2.05) is 0 Å². The molecule has 6 nitrogen and oxygen atoms in total. The van der Waals surface area contributed by atoms with Crippen molar-refractivity contribution >= 4 is 21.7 Å². The minimum Gasteiger partial charge on any atom is -0.360 e. The smallest absolute Gasteiger partial charge is 0.284 e. The van der Waals surface area contributed by atoms with Crippen LogP contribution in [0.25, 0.3) is 0 Å². The summed E-state index contributed by atoms with van der Waals surface area (Å²) in [6, 6.07) is 14.8. The first-order chi connectivity index (χ1) is 11.9. The first kappa shape index (κ1) is 16.8. The number of hydrogen-bond donors (Lipinski definition) is 1. The first-order valence-electron chi connectivity index (χ1n) is 7.30. The Labute approximate surface area is 144 Å². The highest BCUT2D eigenvalue weighted by atomic mass is 32.2. The molecule has 0 amide bonds. The lowest BCUT2D eigenvalue weighted by atomic mass is 10.2. The van der Waals surface area contributed by atoms with Gasteiger partial charge in [0.2, 0.25) is 0 Å². The SMILES string of the molecule is Cc1cc(NC(=NS(=O)(=O)c2ccc(F)cc2)c2ccccc2)no1. The van der Waals surface area contributed by atoms with Gasteiger partial charge in [0.15, 0.2) is 11.7 Å². The summed E-state index contributed by atoms with van der Waals surface area (Å²) in [6.45, 7) is 1.72. The Bertz CT molecular complexity index is 997. The highest BCUT2D eigenvalue weighted by Gasteiger charge is 2.16. The molecule has 25 heavy (non-hydrogen) atoms. The molecule has 0 saturated carbocycles. The number of amidine groups is 1. The van der Waals surface area contributed by atoms with Gasteiger partial charge in [-0.1, -0.05) is 35.5 Å². The molecule has 8 heteroatoms. The lowest BCUT2D eigenvalue weighted by molar-refractivity contribution is 0.400. The minimum atomic E-state index is -4.04. The summed E-state index contributed by atoms with van der Waals surface area (Å²) in [5.74, 6) is 0.450. The quantitative estimate of drug-likeness (QED) is 0.570. The maximum absolute atomic E-state index is 13.0. The molecule has 0 bridgehead atoms. The van der Waals surface area contributed by atoms with E-state index in [4.69, 9.17) is 4.52 Å². The Kier molecular flexibility index (Phi) is 4.62. The van der Waals surface area contributed by atoms with E-state index in [2.05, 4.69) is 14.9 Å². The topological polar surface area (TPSA) is 84.6 Å². The van der Waals surface area contributed by atoms with E-state index in [9.17, 15) is 12.8 Å². The highest BCUT2D eigenvalue weighted by molar-refractivity contribution is 7.90. The predicted octanol–water partition coefficient (Wildman–Crippen LogP) is 3.37. The molecule has 1 N–H and O–H groups in total. The summed E-state index contributed by atoms with van der Waals surface area (Å²) in [6.07, 6.45) is 0. The largest absolute Gasteiger partial charge is 0.360 e. The Morgan fingerprint density at radius 1 is 1.12 bits per heavy atom. The van der Waals surface area contributed by atoms with Crippen LogP contribution in [0.2, 0.25) is 0 Å². The standard InChI is InChI=1S/C17H14FN3O3S/c1-12-11-16(20-24-12)19-17(13-5-3-2-4-6-13)21-25(22,23)15-9-7-14(18)8-10-15/h2-11H,1H3,(H,19,20,21). The van der Waals surface area contributed by atoms with Crippen LogP contribution in [0.4, 0.5) is 10.2 Å². The van der Waals surface area contributed by atoms with E-state index < -0.39 is 15.8 Å². The molecule has 1 heterocycles. The number of benzene rings is 2. The number of anilines is 1. The number of aryl methyl sites for hydroxylation is 1. The number of rotatable bonds is 4. The van der Waals surface area contributed by atoms with Crippen molar-refractivity contribution in [1.82, 2.24) is 5.16 Å². The second-order valence-electron chi connectivity index (χ2n) is 5.18. The molecule has 0 saturated heterocycles. The molecule has 128 valence electrons. The van der Waals surface area contributed by atoms with Crippen molar-refractivity contribution in [2.75, 3.05) is 5.32 Å². The fourth-order valence-electron chi connectivity index (χ4n) is 2.07. The Morgan fingerprint density at radius 2 is 1.80 bits per heavy atom. The average Bonchev–Trinajstić information content (AvgIpc) is 3.00. The average molecular weight is 359 g/mol. The number of aromatic nitrogens is 1. The van der Waals surface area contributed by atoms with Gasteiger partial charge in [0.05, 0.1) is 4.90 Å². The Morgan fingerprint density at radius 3 is 2.40 bits per heavy atom. The minimum absolute atomic E-state index is 0.0817. The zero-order valence-corrected chi connectivity index (χ0v) is 14.0. The van der Waals surface area contributed by atoms with E-state index in [-0.39, 0.29) is 10.7 Å². The van der Waals surface area contributed by atoms with Gasteiger partial charge < -0.3 is 9.84 Å². The van der Waals surface area contributed by atoms with E-state index in [1.165, 1.54) is 0 Å². The summed E-state index contributed by atoms with van der Waals surface area (Å²) in [4.78, 5) is -0.111. The van der Waals surface area contributed by atoms with Crippen molar-refractivity contribution in [3.05, 3.63) is 77.8 Å². The van der Waals surface area contributed by atoms with Gasteiger partial charge in [-0.05, 0) is 31.2 Å². The van der Waals surface area contributed by atoms with Crippen LogP contribution in [-0.4, -0.2) is 19.4 Å².